The molecule has 1 fully saturated rings. The Morgan fingerprint density at radius 3 is 2.31 bits per heavy atom. The maximum Gasteiger partial charge on any atom is 0.410 e. The Balaban J connectivity index is 1.65. The second-order valence-electron chi connectivity index (χ2n) is 8.40. The van der Waals surface area contributed by atoms with Crippen molar-refractivity contribution >= 4 is 12.0 Å². The zero-order chi connectivity index (χ0) is 21.2. The molecule has 1 aliphatic rings. The first-order chi connectivity index (χ1) is 13.6. The van der Waals surface area contributed by atoms with Crippen molar-refractivity contribution < 1.29 is 19.4 Å². The Morgan fingerprint density at radius 1 is 1.03 bits per heavy atom. The molecule has 2 aromatic rings. The Morgan fingerprint density at radius 2 is 1.72 bits per heavy atom. The molecule has 6 nitrogen and oxygen atoms in total. The maximum atomic E-state index is 12.9. The Kier molecular flexibility index (Phi) is 5.82. The molecule has 1 atom stereocenters. The lowest BCUT2D eigenvalue weighted by Crippen LogP contribution is -2.56. The highest BCUT2D eigenvalue weighted by Crippen LogP contribution is 2.24. The zero-order valence-electron chi connectivity index (χ0n) is 17.4. The highest BCUT2D eigenvalue weighted by atomic mass is 16.6. The van der Waals surface area contributed by atoms with Crippen molar-refractivity contribution in [1.29, 1.82) is 0 Å². The van der Waals surface area contributed by atoms with Crippen LogP contribution in [-0.4, -0.2) is 58.2 Å². The number of hydrogen-bond acceptors (Lipinski definition) is 4. The van der Waals surface area contributed by atoms with E-state index in [2.05, 4.69) is 0 Å². The van der Waals surface area contributed by atoms with Crippen LogP contribution in [0.5, 0.6) is 5.75 Å². The third-order valence-electron chi connectivity index (χ3n) is 4.85. The standard InChI is InChI=1S/C23H28N2O4/c1-16-15-24(12-13-25(16)22(28)29-23(2,3)4)21(27)18-10-8-17(9-11-18)19-6-5-7-20(26)14-19/h5-11,14,16,26H,12-13,15H2,1-4H3/t16-/m1/s1. The summed E-state index contributed by atoms with van der Waals surface area (Å²) in [6, 6.07) is 14.2. The number of phenolic OH excluding ortho intramolecular Hbond substituents is 1. The lowest BCUT2D eigenvalue weighted by atomic mass is 10.0. The molecule has 0 unspecified atom stereocenters. The van der Waals surface area contributed by atoms with Gasteiger partial charge in [0.15, 0.2) is 0 Å². The molecule has 0 aliphatic carbocycles. The number of carbonyl (C=O) groups is 2. The molecule has 0 radical (unpaired) electrons. The number of aromatic hydroxyl groups is 1. The predicted molar refractivity (Wildman–Crippen MR) is 112 cm³/mol. The van der Waals surface area contributed by atoms with Gasteiger partial charge in [-0.3, -0.25) is 4.79 Å². The fraction of sp³-hybridized carbons (Fsp3) is 0.391. The average Bonchev–Trinajstić information content (AvgIpc) is 2.66. The minimum absolute atomic E-state index is 0.0526. The van der Waals surface area contributed by atoms with Gasteiger partial charge in [0.05, 0.1) is 0 Å². The van der Waals surface area contributed by atoms with Crippen molar-refractivity contribution in [2.24, 2.45) is 0 Å². The third kappa shape index (κ3) is 5.08. The van der Waals surface area contributed by atoms with Crippen LogP contribution < -0.4 is 0 Å². The lowest BCUT2D eigenvalue weighted by Gasteiger charge is -2.40. The van der Waals surface area contributed by atoms with Crippen LogP contribution >= 0.6 is 0 Å². The van der Waals surface area contributed by atoms with Gasteiger partial charge in [0, 0.05) is 31.2 Å². The molecular formula is C23H28N2O4. The molecule has 29 heavy (non-hydrogen) atoms. The third-order valence-corrected chi connectivity index (χ3v) is 4.85. The minimum atomic E-state index is -0.541. The van der Waals surface area contributed by atoms with Gasteiger partial charge in [-0.2, -0.15) is 0 Å². The van der Waals surface area contributed by atoms with Crippen LogP contribution in [0, 0.1) is 0 Å². The topological polar surface area (TPSA) is 70.1 Å². The SMILES string of the molecule is C[C@@H]1CN(C(=O)c2ccc(-c3cccc(O)c3)cc2)CCN1C(=O)OC(C)(C)C. The molecule has 1 saturated heterocycles. The molecule has 6 heteroatoms. The van der Waals surface area contributed by atoms with Crippen LogP contribution in [0.1, 0.15) is 38.1 Å². The summed E-state index contributed by atoms with van der Waals surface area (Å²) >= 11 is 0. The van der Waals surface area contributed by atoms with Gasteiger partial charge in [0.25, 0.3) is 5.91 Å². The molecule has 0 aromatic heterocycles. The number of nitrogens with zero attached hydrogens (tertiary/aromatic N) is 2. The number of ether oxygens (including phenoxy) is 1. The number of benzene rings is 2. The van der Waals surface area contributed by atoms with Crippen molar-refractivity contribution in [2.75, 3.05) is 19.6 Å². The fourth-order valence-electron chi connectivity index (χ4n) is 3.41. The van der Waals surface area contributed by atoms with E-state index in [0.29, 0.717) is 25.2 Å². The lowest BCUT2D eigenvalue weighted by molar-refractivity contribution is 0.00198. The van der Waals surface area contributed by atoms with Crippen molar-refractivity contribution in [3.05, 3.63) is 54.1 Å². The number of carbonyl (C=O) groups excluding carboxylic acids is 2. The normalized spacial score (nSPS) is 17.2. The second-order valence-corrected chi connectivity index (χ2v) is 8.40. The van der Waals surface area contributed by atoms with E-state index in [1.54, 1.807) is 40.1 Å². The van der Waals surface area contributed by atoms with Crippen molar-refractivity contribution in [2.45, 2.75) is 39.3 Å². The van der Waals surface area contributed by atoms with Crippen LogP contribution in [-0.2, 0) is 4.74 Å². The van der Waals surface area contributed by atoms with Gasteiger partial charge in [-0.05, 0) is 63.1 Å². The summed E-state index contributed by atoms with van der Waals surface area (Å²) in [7, 11) is 0. The van der Waals surface area contributed by atoms with Crippen LogP contribution in [0.25, 0.3) is 11.1 Å². The van der Waals surface area contributed by atoms with Crippen LogP contribution in [0.3, 0.4) is 0 Å². The number of rotatable bonds is 2. The first kappa shape index (κ1) is 20.7. The van der Waals surface area contributed by atoms with Gasteiger partial charge in [0.1, 0.15) is 11.4 Å². The summed E-state index contributed by atoms with van der Waals surface area (Å²) in [6.45, 7) is 8.84. The van der Waals surface area contributed by atoms with E-state index in [9.17, 15) is 14.7 Å². The monoisotopic (exact) mass is 396 g/mol. The van der Waals surface area contributed by atoms with E-state index in [-0.39, 0.29) is 23.8 Å². The number of amides is 2. The summed E-state index contributed by atoms with van der Waals surface area (Å²) < 4.78 is 5.46. The summed E-state index contributed by atoms with van der Waals surface area (Å²) in [4.78, 5) is 28.7. The molecule has 1 heterocycles. The van der Waals surface area contributed by atoms with E-state index < -0.39 is 5.60 Å². The second kappa shape index (κ2) is 8.15. The van der Waals surface area contributed by atoms with Crippen molar-refractivity contribution in [1.82, 2.24) is 9.80 Å². The quantitative estimate of drug-likeness (QED) is 0.828. The van der Waals surface area contributed by atoms with E-state index in [1.165, 1.54) is 0 Å². The first-order valence-electron chi connectivity index (χ1n) is 9.82. The van der Waals surface area contributed by atoms with Crippen molar-refractivity contribution in [3.63, 3.8) is 0 Å². The Hall–Kier alpha value is -3.02. The summed E-state index contributed by atoms with van der Waals surface area (Å²) in [6.07, 6.45) is -0.340. The molecule has 0 spiro atoms. The smallest absolute Gasteiger partial charge is 0.410 e. The Labute approximate surface area is 171 Å². The van der Waals surface area contributed by atoms with Crippen LogP contribution in [0.15, 0.2) is 48.5 Å². The van der Waals surface area contributed by atoms with Gasteiger partial charge >= 0.3 is 6.09 Å². The van der Waals surface area contributed by atoms with E-state index in [1.807, 2.05) is 45.9 Å². The molecule has 2 aromatic carbocycles. The van der Waals surface area contributed by atoms with Gasteiger partial charge in [0.2, 0.25) is 0 Å². The van der Waals surface area contributed by atoms with Crippen molar-refractivity contribution in [3.8, 4) is 16.9 Å². The largest absolute Gasteiger partial charge is 0.508 e. The van der Waals surface area contributed by atoms with Crippen LogP contribution in [0.2, 0.25) is 0 Å². The predicted octanol–water partition coefficient (Wildman–Crippen LogP) is 4.14. The minimum Gasteiger partial charge on any atom is -0.508 e. The molecule has 2 amide bonds. The molecule has 0 bridgehead atoms. The molecule has 3 rings (SSSR count). The zero-order valence-corrected chi connectivity index (χ0v) is 17.4. The Bertz CT molecular complexity index is 886. The number of hydrogen-bond donors (Lipinski definition) is 1. The molecule has 0 saturated carbocycles. The number of phenols is 1. The molecule has 1 aliphatic heterocycles. The molecule has 1 N–H and O–H groups in total. The highest BCUT2D eigenvalue weighted by Gasteiger charge is 2.32. The fourth-order valence-corrected chi connectivity index (χ4v) is 3.41. The first-order valence-corrected chi connectivity index (χ1v) is 9.82. The molecule has 154 valence electrons. The van der Waals surface area contributed by atoms with E-state index in [4.69, 9.17) is 4.74 Å². The van der Waals surface area contributed by atoms with E-state index in [0.717, 1.165) is 11.1 Å². The number of piperazine rings is 1. The van der Waals surface area contributed by atoms with Crippen LogP contribution in [0.4, 0.5) is 4.79 Å². The van der Waals surface area contributed by atoms with E-state index >= 15 is 0 Å². The molecular weight excluding hydrogens is 368 g/mol. The van der Waals surface area contributed by atoms with Gasteiger partial charge < -0.3 is 19.6 Å². The maximum absolute atomic E-state index is 12.9. The van der Waals surface area contributed by atoms with Gasteiger partial charge in [-0.25, -0.2) is 4.79 Å². The summed E-state index contributed by atoms with van der Waals surface area (Å²) in [5.41, 5.74) is 1.89. The summed E-state index contributed by atoms with van der Waals surface area (Å²) in [5, 5.41) is 9.64. The average molecular weight is 396 g/mol. The summed E-state index contributed by atoms with van der Waals surface area (Å²) in [5.74, 6) is 0.155. The van der Waals surface area contributed by atoms with Gasteiger partial charge in [-0.1, -0.05) is 24.3 Å². The highest BCUT2D eigenvalue weighted by molar-refractivity contribution is 5.95. The van der Waals surface area contributed by atoms with Gasteiger partial charge in [-0.15, -0.1) is 0 Å².